The van der Waals surface area contributed by atoms with Crippen molar-refractivity contribution in [1.29, 1.82) is 0 Å². The molecule has 1 heterocycles. The number of carbonyl (C=O) groups is 3. The van der Waals surface area contributed by atoms with E-state index in [0.29, 0.717) is 13.1 Å². The minimum atomic E-state index is -1.39. The van der Waals surface area contributed by atoms with Crippen molar-refractivity contribution in [2.75, 3.05) is 13.1 Å². The third-order valence-corrected chi connectivity index (χ3v) is 3.72. The molecule has 1 aromatic carbocycles. The number of nitrogens with one attached hydrogen (secondary N) is 1. The van der Waals surface area contributed by atoms with Gasteiger partial charge in [0.1, 0.15) is 11.4 Å². The zero-order valence-corrected chi connectivity index (χ0v) is 14.7. The second-order valence-corrected chi connectivity index (χ2v) is 6.98. The Morgan fingerprint density at radius 2 is 1.68 bits per heavy atom. The fourth-order valence-corrected chi connectivity index (χ4v) is 2.57. The molecule has 1 unspecified atom stereocenters. The monoisotopic (exact) mass is 350 g/mol. The van der Waals surface area contributed by atoms with E-state index in [-0.39, 0.29) is 5.56 Å². The van der Waals surface area contributed by atoms with Crippen molar-refractivity contribution in [3.05, 3.63) is 35.6 Å². The predicted molar refractivity (Wildman–Crippen MR) is 89.7 cm³/mol. The van der Waals surface area contributed by atoms with Gasteiger partial charge in [-0.15, -0.1) is 0 Å². The van der Waals surface area contributed by atoms with Crippen LogP contribution < -0.4 is 5.32 Å². The Labute approximate surface area is 146 Å². The van der Waals surface area contributed by atoms with Crippen LogP contribution in [-0.2, 0) is 9.53 Å². The zero-order valence-electron chi connectivity index (χ0n) is 14.7. The van der Waals surface area contributed by atoms with Gasteiger partial charge in [0.15, 0.2) is 11.8 Å². The van der Waals surface area contributed by atoms with Crippen molar-refractivity contribution >= 4 is 17.8 Å². The van der Waals surface area contributed by atoms with E-state index in [2.05, 4.69) is 5.32 Å². The molecule has 1 atom stereocenters. The average molecular weight is 350 g/mol. The van der Waals surface area contributed by atoms with Crippen LogP contribution in [0.25, 0.3) is 0 Å². The van der Waals surface area contributed by atoms with Crippen LogP contribution in [-0.4, -0.2) is 47.4 Å². The SMILES string of the molecule is CC(C)(C)OC(=O)NC(C(=O)c1ccc(F)cc1)C(=O)N1CCCC1. The van der Waals surface area contributed by atoms with Crippen LogP contribution in [0.2, 0.25) is 0 Å². The lowest BCUT2D eigenvalue weighted by atomic mass is 10.0. The molecule has 0 spiro atoms. The summed E-state index contributed by atoms with van der Waals surface area (Å²) in [5.41, 5.74) is -0.612. The van der Waals surface area contributed by atoms with Gasteiger partial charge in [0.05, 0.1) is 0 Å². The number of ketones is 1. The van der Waals surface area contributed by atoms with Crippen LogP contribution >= 0.6 is 0 Å². The zero-order chi connectivity index (χ0) is 18.6. The van der Waals surface area contributed by atoms with Gasteiger partial charge in [-0.2, -0.15) is 0 Å². The lowest BCUT2D eigenvalue weighted by Crippen LogP contribution is -2.53. The van der Waals surface area contributed by atoms with Crippen LogP contribution in [0.15, 0.2) is 24.3 Å². The van der Waals surface area contributed by atoms with Crippen molar-refractivity contribution in [1.82, 2.24) is 10.2 Å². The summed E-state index contributed by atoms with van der Waals surface area (Å²) in [6.07, 6.45) is 0.867. The van der Waals surface area contributed by atoms with Gasteiger partial charge in [0.25, 0.3) is 5.91 Å². The lowest BCUT2D eigenvalue weighted by Gasteiger charge is -2.25. The Morgan fingerprint density at radius 1 is 1.12 bits per heavy atom. The number of hydrogen-bond acceptors (Lipinski definition) is 4. The number of rotatable bonds is 4. The number of Topliss-reactive ketones (excluding diaryl/α,β-unsaturated/α-hetero) is 1. The first-order valence-corrected chi connectivity index (χ1v) is 8.25. The summed E-state index contributed by atoms with van der Waals surface area (Å²) in [4.78, 5) is 39.0. The van der Waals surface area contributed by atoms with Crippen molar-refractivity contribution in [3.63, 3.8) is 0 Å². The maximum Gasteiger partial charge on any atom is 0.408 e. The highest BCUT2D eigenvalue weighted by molar-refractivity contribution is 6.14. The molecule has 136 valence electrons. The minimum Gasteiger partial charge on any atom is -0.444 e. The standard InChI is InChI=1S/C18H23FN2O4/c1-18(2,3)25-17(24)20-14(16(23)21-10-4-5-11-21)15(22)12-6-8-13(19)9-7-12/h6-9,14H,4-5,10-11H2,1-3H3,(H,20,24). The molecule has 0 aliphatic carbocycles. The summed E-state index contributed by atoms with van der Waals surface area (Å²) < 4.78 is 18.2. The van der Waals surface area contributed by atoms with E-state index < -0.39 is 35.2 Å². The van der Waals surface area contributed by atoms with E-state index >= 15 is 0 Å². The van der Waals surface area contributed by atoms with Crippen molar-refractivity contribution in [3.8, 4) is 0 Å². The number of halogens is 1. The van der Waals surface area contributed by atoms with Gasteiger partial charge in [0, 0.05) is 18.7 Å². The number of amides is 2. The van der Waals surface area contributed by atoms with Gasteiger partial charge < -0.3 is 15.0 Å². The molecular weight excluding hydrogens is 327 g/mol. The second-order valence-electron chi connectivity index (χ2n) is 6.98. The molecule has 1 aromatic rings. The average Bonchev–Trinajstić information content (AvgIpc) is 3.05. The summed E-state index contributed by atoms with van der Waals surface area (Å²) >= 11 is 0. The molecule has 2 amide bonds. The fourth-order valence-electron chi connectivity index (χ4n) is 2.57. The normalized spacial score (nSPS) is 15.6. The molecule has 1 N–H and O–H groups in total. The molecule has 1 aliphatic rings. The molecule has 0 saturated carbocycles. The Balaban J connectivity index is 2.21. The number of carbonyl (C=O) groups excluding carboxylic acids is 3. The highest BCUT2D eigenvalue weighted by Crippen LogP contribution is 2.14. The fraction of sp³-hybridized carbons (Fsp3) is 0.500. The molecule has 1 aliphatic heterocycles. The Morgan fingerprint density at radius 3 is 2.20 bits per heavy atom. The molecule has 2 rings (SSSR count). The molecule has 0 radical (unpaired) electrons. The van der Waals surface area contributed by atoms with E-state index in [1.807, 2.05) is 0 Å². The first kappa shape index (κ1) is 18.9. The van der Waals surface area contributed by atoms with Gasteiger partial charge in [-0.3, -0.25) is 9.59 Å². The number of ether oxygens (including phenoxy) is 1. The van der Waals surface area contributed by atoms with Crippen molar-refractivity contribution in [2.45, 2.75) is 45.3 Å². The number of alkyl carbamates (subject to hydrolysis) is 1. The van der Waals surface area contributed by atoms with Crippen molar-refractivity contribution < 1.29 is 23.5 Å². The second kappa shape index (κ2) is 7.63. The quantitative estimate of drug-likeness (QED) is 0.669. The maximum absolute atomic E-state index is 13.1. The number of benzene rings is 1. The Bertz CT molecular complexity index is 646. The van der Waals surface area contributed by atoms with Crippen LogP contribution in [0.4, 0.5) is 9.18 Å². The smallest absolute Gasteiger partial charge is 0.408 e. The van der Waals surface area contributed by atoms with Crippen LogP contribution in [0.1, 0.15) is 44.0 Å². The van der Waals surface area contributed by atoms with E-state index in [4.69, 9.17) is 4.74 Å². The van der Waals surface area contributed by atoms with Crippen LogP contribution in [0.3, 0.4) is 0 Å². The summed E-state index contributed by atoms with van der Waals surface area (Å²) in [5.74, 6) is -1.56. The Hall–Kier alpha value is -2.44. The summed E-state index contributed by atoms with van der Waals surface area (Å²) in [5, 5.41) is 2.37. The third kappa shape index (κ3) is 5.27. The van der Waals surface area contributed by atoms with Crippen molar-refractivity contribution in [2.24, 2.45) is 0 Å². The van der Waals surface area contributed by atoms with Crippen LogP contribution in [0, 0.1) is 5.82 Å². The number of likely N-dealkylation sites (tertiary alicyclic amines) is 1. The first-order valence-electron chi connectivity index (χ1n) is 8.25. The van der Waals surface area contributed by atoms with Gasteiger partial charge in [0.2, 0.25) is 0 Å². The molecule has 0 bridgehead atoms. The molecule has 6 nitrogen and oxygen atoms in total. The molecule has 0 aromatic heterocycles. The van der Waals surface area contributed by atoms with Gasteiger partial charge in [-0.1, -0.05) is 0 Å². The molecular formula is C18H23FN2O4. The van der Waals surface area contributed by atoms with E-state index in [1.165, 1.54) is 12.1 Å². The van der Waals surface area contributed by atoms with Crippen LogP contribution in [0.5, 0.6) is 0 Å². The predicted octanol–water partition coefficient (Wildman–Crippen LogP) is 2.52. The molecule has 7 heteroatoms. The molecule has 25 heavy (non-hydrogen) atoms. The largest absolute Gasteiger partial charge is 0.444 e. The third-order valence-electron chi connectivity index (χ3n) is 3.72. The first-order chi connectivity index (χ1) is 11.7. The van der Waals surface area contributed by atoms with E-state index in [9.17, 15) is 18.8 Å². The highest BCUT2D eigenvalue weighted by atomic mass is 19.1. The highest BCUT2D eigenvalue weighted by Gasteiger charge is 2.35. The Kier molecular flexibility index (Phi) is 5.77. The van der Waals surface area contributed by atoms with Gasteiger partial charge in [-0.05, 0) is 57.9 Å². The summed E-state index contributed by atoms with van der Waals surface area (Å²) in [7, 11) is 0. The van der Waals surface area contributed by atoms with Gasteiger partial charge >= 0.3 is 6.09 Å². The lowest BCUT2D eigenvalue weighted by molar-refractivity contribution is -0.131. The molecule has 1 fully saturated rings. The molecule has 1 saturated heterocycles. The summed E-state index contributed by atoms with van der Waals surface area (Å²) in [6.45, 7) is 6.15. The van der Waals surface area contributed by atoms with E-state index in [0.717, 1.165) is 25.0 Å². The number of hydrogen-bond donors (Lipinski definition) is 1. The number of nitrogens with zero attached hydrogens (tertiary/aromatic N) is 1. The maximum atomic E-state index is 13.1. The topological polar surface area (TPSA) is 75.7 Å². The van der Waals surface area contributed by atoms with E-state index in [1.54, 1.807) is 25.7 Å². The van der Waals surface area contributed by atoms with Gasteiger partial charge in [-0.25, -0.2) is 9.18 Å². The summed E-state index contributed by atoms with van der Waals surface area (Å²) in [6, 6.07) is 3.46. The minimum absolute atomic E-state index is 0.148.